The van der Waals surface area contributed by atoms with Crippen LogP contribution in [0.25, 0.3) is 11.1 Å². The highest BCUT2D eigenvalue weighted by Crippen LogP contribution is 2.38. The van der Waals surface area contributed by atoms with E-state index in [2.05, 4.69) is 53.2 Å². The molecule has 0 N–H and O–H groups in total. The number of rotatable bonds is 5. The van der Waals surface area contributed by atoms with Crippen LogP contribution in [0.1, 0.15) is 23.6 Å². The quantitative estimate of drug-likeness (QED) is 0.648. The number of benzene rings is 2. The molecular formula is C24H26N2O2. The maximum atomic E-state index is 6.08. The molecule has 0 radical (unpaired) electrons. The van der Waals surface area contributed by atoms with Crippen LogP contribution in [-0.4, -0.2) is 30.1 Å². The van der Waals surface area contributed by atoms with Gasteiger partial charge < -0.3 is 9.47 Å². The van der Waals surface area contributed by atoms with Gasteiger partial charge in [-0.2, -0.15) is 0 Å². The lowest BCUT2D eigenvalue weighted by Gasteiger charge is -2.20. The van der Waals surface area contributed by atoms with Crippen molar-refractivity contribution in [3.63, 3.8) is 0 Å². The number of hydrogen-bond acceptors (Lipinski definition) is 4. The van der Waals surface area contributed by atoms with Crippen LogP contribution in [0.15, 0.2) is 60.9 Å². The highest BCUT2D eigenvalue weighted by Gasteiger charge is 2.20. The van der Waals surface area contributed by atoms with Crippen LogP contribution in [0.5, 0.6) is 11.5 Å². The van der Waals surface area contributed by atoms with Crippen molar-refractivity contribution >= 4 is 0 Å². The summed E-state index contributed by atoms with van der Waals surface area (Å²) in [5.74, 6) is 1.64. The molecule has 4 rings (SSSR count). The Morgan fingerprint density at radius 3 is 2.61 bits per heavy atom. The van der Waals surface area contributed by atoms with E-state index in [1.54, 1.807) is 13.3 Å². The molecule has 0 fully saturated rings. The Bertz CT molecular complexity index is 923. The molecule has 3 aromatic rings. The summed E-state index contributed by atoms with van der Waals surface area (Å²) < 4.78 is 11.7. The minimum atomic E-state index is 0.655. The van der Waals surface area contributed by atoms with Crippen LogP contribution in [0.2, 0.25) is 0 Å². The molecular weight excluding hydrogens is 348 g/mol. The van der Waals surface area contributed by atoms with Crippen molar-refractivity contribution in [2.45, 2.75) is 26.4 Å². The van der Waals surface area contributed by atoms with Crippen molar-refractivity contribution in [1.82, 2.24) is 9.88 Å². The van der Waals surface area contributed by atoms with E-state index in [-0.39, 0.29) is 0 Å². The van der Waals surface area contributed by atoms with Gasteiger partial charge in [-0.1, -0.05) is 37.3 Å². The first kappa shape index (κ1) is 18.5. The lowest BCUT2D eigenvalue weighted by atomic mass is 10.0. The van der Waals surface area contributed by atoms with Gasteiger partial charge in [0, 0.05) is 43.2 Å². The van der Waals surface area contributed by atoms with E-state index in [1.807, 2.05) is 18.3 Å². The van der Waals surface area contributed by atoms with Crippen LogP contribution in [0.3, 0.4) is 0 Å². The minimum Gasteiger partial charge on any atom is -0.493 e. The van der Waals surface area contributed by atoms with Gasteiger partial charge >= 0.3 is 0 Å². The van der Waals surface area contributed by atoms with Gasteiger partial charge in [-0.25, -0.2) is 0 Å². The largest absolute Gasteiger partial charge is 0.493 e. The molecule has 144 valence electrons. The number of hydrogen-bond donors (Lipinski definition) is 0. The fourth-order valence-corrected chi connectivity index (χ4v) is 3.66. The van der Waals surface area contributed by atoms with Crippen molar-refractivity contribution in [3.05, 3.63) is 77.6 Å². The maximum absolute atomic E-state index is 6.08. The third-order valence-electron chi connectivity index (χ3n) is 5.23. The zero-order chi connectivity index (χ0) is 19.3. The normalized spacial score (nSPS) is 14.1. The minimum absolute atomic E-state index is 0.655. The molecule has 0 unspecified atom stereocenters. The van der Waals surface area contributed by atoms with Gasteiger partial charge in [-0.05, 0) is 41.3 Å². The standard InChI is InChI=1S/C24H26N2O2/c1-3-18-6-8-19(9-7-18)16-26-11-12-28-24-22(17-26)13-21(14-23(24)27-2)20-5-4-10-25-15-20/h4-10,13-15H,3,11-12,16-17H2,1-2H3. The van der Waals surface area contributed by atoms with Gasteiger partial charge in [-0.15, -0.1) is 0 Å². The monoisotopic (exact) mass is 374 g/mol. The Morgan fingerprint density at radius 2 is 1.89 bits per heavy atom. The number of aromatic nitrogens is 1. The number of fused-ring (bicyclic) bond motifs is 1. The third kappa shape index (κ3) is 4.02. The van der Waals surface area contributed by atoms with Gasteiger partial charge in [0.15, 0.2) is 11.5 Å². The van der Waals surface area contributed by atoms with Crippen molar-refractivity contribution in [2.75, 3.05) is 20.3 Å². The van der Waals surface area contributed by atoms with Gasteiger partial charge in [-0.3, -0.25) is 9.88 Å². The Morgan fingerprint density at radius 1 is 1.07 bits per heavy atom. The fourth-order valence-electron chi connectivity index (χ4n) is 3.66. The first-order valence-corrected chi connectivity index (χ1v) is 9.81. The Kier molecular flexibility index (Phi) is 5.58. The Balaban J connectivity index is 1.62. The molecule has 4 heteroatoms. The van der Waals surface area contributed by atoms with Gasteiger partial charge in [0.05, 0.1) is 7.11 Å². The molecule has 0 atom stereocenters. The summed E-state index contributed by atoms with van der Waals surface area (Å²) in [7, 11) is 1.70. The summed E-state index contributed by atoms with van der Waals surface area (Å²) in [6, 6.07) is 17.2. The highest BCUT2D eigenvalue weighted by molar-refractivity contribution is 5.68. The number of aryl methyl sites for hydroxylation is 1. The zero-order valence-electron chi connectivity index (χ0n) is 16.5. The molecule has 1 aliphatic heterocycles. The van der Waals surface area contributed by atoms with E-state index in [9.17, 15) is 0 Å². The van der Waals surface area contributed by atoms with E-state index in [0.717, 1.165) is 54.2 Å². The van der Waals surface area contributed by atoms with E-state index < -0.39 is 0 Å². The first-order valence-electron chi connectivity index (χ1n) is 9.81. The van der Waals surface area contributed by atoms with Gasteiger partial charge in [0.25, 0.3) is 0 Å². The molecule has 1 aliphatic rings. The summed E-state index contributed by atoms with van der Waals surface area (Å²) in [5.41, 5.74) is 6.03. The Hall–Kier alpha value is -2.85. The molecule has 0 saturated heterocycles. The molecule has 2 heterocycles. The second-order valence-electron chi connectivity index (χ2n) is 7.14. The molecule has 0 aliphatic carbocycles. The smallest absolute Gasteiger partial charge is 0.165 e. The average molecular weight is 374 g/mol. The number of methoxy groups -OCH3 is 1. The molecule has 0 spiro atoms. The molecule has 28 heavy (non-hydrogen) atoms. The molecule has 0 amide bonds. The summed E-state index contributed by atoms with van der Waals surface area (Å²) in [6.45, 7) is 5.46. The fraction of sp³-hybridized carbons (Fsp3) is 0.292. The van der Waals surface area contributed by atoms with Crippen LogP contribution in [-0.2, 0) is 19.5 Å². The van der Waals surface area contributed by atoms with Crippen molar-refractivity contribution in [2.24, 2.45) is 0 Å². The van der Waals surface area contributed by atoms with Crippen molar-refractivity contribution in [1.29, 1.82) is 0 Å². The Labute approximate surface area is 166 Å². The lowest BCUT2D eigenvalue weighted by Crippen LogP contribution is -2.25. The van der Waals surface area contributed by atoms with Gasteiger partial charge in [0.1, 0.15) is 6.61 Å². The van der Waals surface area contributed by atoms with Crippen molar-refractivity contribution < 1.29 is 9.47 Å². The van der Waals surface area contributed by atoms with E-state index >= 15 is 0 Å². The molecule has 0 saturated carbocycles. The first-order chi connectivity index (χ1) is 13.8. The summed E-state index contributed by atoms with van der Waals surface area (Å²) in [5, 5.41) is 0. The van der Waals surface area contributed by atoms with Crippen molar-refractivity contribution in [3.8, 4) is 22.6 Å². The lowest BCUT2D eigenvalue weighted by molar-refractivity contribution is 0.217. The highest BCUT2D eigenvalue weighted by atomic mass is 16.5. The van der Waals surface area contributed by atoms with Crippen LogP contribution in [0, 0.1) is 0 Å². The predicted molar refractivity (Wildman–Crippen MR) is 112 cm³/mol. The van der Waals surface area contributed by atoms with E-state index in [4.69, 9.17) is 9.47 Å². The SMILES string of the molecule is CCc1ccc(CN2CCOc3c(cc(-c4cccnc4)cc3OC)C2)cc1. The maximum Gasteiger partial charge on any atom is 0.165 e. The molecule has 4 nitrogen and oxygen atoms in total. The number of pyridine rings is 1. The third-order valence-corrected chi connectivity index (χ3v) is 5.23. The average Bonchev–Trinajstić information content (AvgIpc) is 2.96. The summed E-state index contributed by atoms with van der Waals surface area (Å²) in [4.78, 5) is 6.68. The molecule has 0 bridgehead atoms. The van der Waals surface area contributed by atoms with E-state index in [1.165, 1.54) is 11.1 Å². The second-order valence-corrected chi connectivity index (χ2v) is 7.14. The molecule has 1 aromatic heterocycles. The molecule has 2 aromatic carbocycles. The predicted octanol–water partition coefficient (Wildman–Crippen LogP) is 4.71. The number of nitrogens with zero attached hydrogens (tertiary/aromatic N) is 2. The topological polar surface area (TPSA) is 34.6 Å². The number of ether oxygens (including phenoxy) is 2. The van der Waals surface area contributed by atoms with Crippen LogP contribution >= 0.6 is 0 Å². The zero-order valence-corrected chi connectivity index (χ0v) is 16.5. The summed E-state index contributed by atoms with van der Waals surface area (Å²) in [6.07, 6.45) is 4.74. The second kappa shape index (κ2) is 8.44. The van der Waals surface area contributed by atoms with Gasteiger partial charge in [0.2, 0.25) is 0 Å². The van der Waals surface area contributed by atoms with E-state index in [0.29, 0.717) is 6.61 Å². The van der Waals surface area contributed by atoms with Crippen LogP contribution < -0.4 is 9.47 Å². The van der Waals surface area contributed by atoms with Crippen LogP contribution in [0.4, 0.5) is 0 Å². The summed E-state index contributed by atoms with van der Waals surface area (Å²) >= 11 is 0.